The van der Waals surface area contributed by atoms with E-state index >= 15 is 0 Å². The molecule has 42 heavy (non-hydrogen) atoms. The Morgan fingerprint density at radius 1 is 0.548 bits per heavy atom. The van der Waals surface area contributed by atoms with E-state index in [9.17, 15) is 19.2 Å². The smallest absolute Gasteiger partial charge is 0.219 e. The third kappa shape index (κ3) is 28.2. The van der Waals surface area contributed by atoms with E-state index in [0.717, 1.165) is 62.9 Å². The summed E-state index contributed by atoms with van der Waals surface area (Å²) in [5.41, 5.74) is 0. The minimum Gasteiger partial charge on any atom is -0.359 e. The SMILES string of the molecule is CNC(=O)CCCCCCCCC=C[C@H](CSSC[C@@H](C=CCCCCCCCCC(=O)NC)NC(C)=O)NC(C)=O. The zero-order chi connectivity index (χ0) is 31.3. The molecule has 0 heterocycles. The van der Waals surface area contributed by atoms with Crippen LogP contribution >= 0.6 is 21.6 Å². The van der Waals surface area contributed by atoms with Crippen LogP contribution in [0.2, 0.25) is 0 Å². The molecular weight excluding hydrogens is 569 g/mol. The molecule has 0 spiro atoms. The van der Waals surface area contributed by atoms with Crippen molar-refractivity contribution in [2.24, 2.45) is 0 Å². The maximum absolute atomic E-state index is 11.7. The highest BCUT2D eigenvalue weighted by Gasteiger charge is 2.10. The van der Waals surface area contributed by atoms with Crippen molar-refractivity contribution in [1.82, 2.24) is 21.3 Å². The molecule has 8 nitrogen and oxygen atoms in total. The maximum atomic E-state index is 11.7. The summed E-state index contributed by atoms with van der Waals surface area (Å²) in [5.74, 6) is 1.72. The van der Waals surface area contributed by atoms with Gasteiger partial charge in [-0.2, -0.15) is 0 Å². The summed E-state index contributed by atoms with van der Waals surface area (Å²) in [6.45, 7) is 3.10. The quantitative estimate of drug-likeness (QED) is 0.0489. The van der Waals surface area contributed by atoms with Crippen LogP contribution < -0.4 is 21.3 Å². The Bertz CT molecular complexity index is 728. The third-order valence-electron chi connectivity index (χ3n) is 6.70. The summed E-state index contributed by atoms with van der Waals surface area (Å²) >= 11 is 0. The van der Waals surface area contributed by atoms with Crippen molar-refractivity contribution >= 4 is 45.2 Å². The van der Waals surface area contributed by atoms with Gasteiger partial charge in [-0.25, -0.2) is 0 Å². The molecule has 4 N–H and O–H groups in total. The standard InChI is InChI=1S/C32H58N4O4S2/c1-27(37)35-29(21-17-13-9-5-7-11-15-19-23-31(39)33-3)25-41-42-26-30(36-28(2)38)22-18-14-10-6-8-12-16-20-24-32(40)34-4/h17-18,21-22,29-30H,5-16,19-20,23-26H2,1-4H3,(H,33,39)(H,34,40)(H,35,37)(H,36,38)/t29-,30-/m1/s1. The van der Waals surface area contributed by atoms with Crippen molar-refractivity contribution in [2.75, 3.05) is 25.6 Å². The number of rotatable bonds is 27. The van der Waals surface area contributed by atoms with E-state index in [4.69, 9.17) is 0 Å². The van der Waals surface area contributed by atoms with E-state index in [1.165, 1.54) is 38.5 Å². The Labute approximate surface area is 263 Å². The van der Waals surface area contributed by atoms with Crippen LogP contribution in [0.5, 0.6) is 0 Å². The Morgan fingerprint density at radius 3 is 1.21 bits per heavy atom. The molecule has 0 aliphatic heterocycles. The molecule has 0 bridgehead atoms. The van der Waals surface area contributed by atoms with E-state index in [0.29, 0.717) is 12.8 Å². The molecule has 2 atom stereocenters. The fraction of sp³-hybridized carbons (Fsp3) is 0.750. The molecule has 4 amide bonds. The normalized spacial score (nSPS) is 12.8. The van der Waals surface area contributed by atoms with Crippen molar-refractivity contribution in [3.8, 4) is 0 Å². The molecule has 0 saturated carbocycles. The van der Waals surface area contributed by atoms with Gasteiger partial charge in [0.1, 0.15) is 0 Å². The lowest BCUT2D eigenvalue weighted by atomic mass is 10.1. The van der Waals surface area contributed by atoms with Crippen molar-refractivity contribution in [3.05, 3.63) is 24.3 Å². The Morgan fingerprint density at radius 2 is 0.881 bits per heavy atom. The first kappa shape index (κ1) is 40.1. The zero-order valence-electron chi connectivity index (χ0n) is 26.6. The van der Waals surface area contributed by atoms with Gasteiger partial charge in [0.05, 0.1) is 12.1 Å². The van der Waals surface area contributed by atoms with Gasteiger partial charge in [0.15, 0.2) is 0 Å². The monoisotopic (exact) mass is 626 g/mol. The van der Waals surface area contributed by atoms with Crippen LogP contribution in [0.3, 0.4) is 0 Å². The number of amides is 4. The predicted molar refractivity (Wildman–Crippen MR) is 180 cm³/mol. The van der Waals surface area contributed by atoms with Gasteiger partial charge in [0.25, 0.3) is 0 Å². The zero-order valence-corrected chi connectivity index (χ0v) is 28.3. The van der Waals surface area contributed by atoms with Crippen LogP contribution in [0.15, 0.2) is 24.3 Å². The maximum Gasteiger partial charge on any atom is 0.219 e. The first-order valence-electron chi connectivity index (χ1n) is 15.8. The minimum atomic E-state index is -0.0324. The van der Waals surface area contributed by atoms with Crippen molar-refractivity contribution in [2.45, 2.75) is 129 Å². The van der Waals surface area contributed by atoms with E-state index < -0.39 is 0 Å². The molecular formula is C32H58N4O4S2. The molecule has 0 unspecified atom stereocenters. The van der Waals surface area contributed by atoms with Crippen LogP contribution in [0.25, 0.3) is 0 Å². The van der Waals surface area contributed by atoms with Crippen LogP contribution in [-0.4, -0.2) is 61.3 Å². The van der Waals surface area contributed by atoms with Gasteiger partial charge in [-0.1, -0.05) is 97.3 Å². The van der Waals surface area contributed by atoms with Crippen LogP contribution in [0.4, 0.5) is 0 Å². The Balaban J connectivity index is 4.18. The number of carbonyl (C=O) groups excluding carboxylic acids is 4. The number of nitrogens with one attached hydrogen (secondary N) is 4. The molecule has 0 radical (unpaired) electrons. The highest BCUT2D eigenvalue weighted by Crippen LogP contribution is 2.24. The van der Waals surface area contributed by atoms with Gasteiger partial charge in [-0.3, -0.25) is 19.2 Å². The van der Waals surface area contributed by atoms with Gasteiger partial charge in [-0.05, 0) is 38.5 Å². The molecule has 0 aromatic rings. The molecule has 0 aromatic carbocycles. The largest absolute Gasteiger partial charge is 0.359 e. The number of hydrogen-bond acceptors (Lipinski definition) is 6. The van der Waals surface area contributed by atoms with E-state index in [1.54, 1.807) is 49.5 Å². The second-order valence-electron chi connectivity index (χ2n) is 10.7. The lowest BCUT2D eigenvalue weighted by Crippen LogP contribution is -2.34. The van der Waals surface area contributed by atoms with Gasteiger partial charge in [-0.15, -0.1) is 0 Å². The van der Waals surface area contributed by atoms with E-state index in [-0.39, 0.29) is 35.7 Å². The average molecular weight is 627 g/mol. The van der Waals surface area contributed by atoms with Crippen molar-refractivity contribution in [3.63, 3.8) is 0 Å². The Kier molecular flexibility index (Phi) is 27.8. The van der Waals surface area contributed by atoms with Gasteiger partial charge >= 0.3 is 0 Å². The molecule has 0 aliphatic carbocycles. The lowest BCUT2D eigenvalue weighted by Gasteiger charge is -2.16. The first-order chi connectivity index (χ1) is 20.3. The highest BCUT2D eigenvalue weighted by molar-refractivity contribution is 8.76. The highest BCUT2D eigenvalue weighted by atomic mass is 33.1. The fourth-order valence-electron chi connectivity index (χ4n) is 4.34. The molecule has 0 aliphatic rings. The summed E-state index contributed by atoms with van der Waals surface area (Å²) in [7, 11) is 6.79. The predicted octanol–water partition coefficient (Wildman–Crippen LogP) is 6.22. The molecule has 0 aromatic heterocycles. The number of hydrogen-bond donors (Lipinski definition) is 4. The molecule has 10 heteroatoms. The van der Waals surface area contributed by atoms with Crippen LogP contribution in [-0.2, 0) is 19.2 Å². The van der Waals surface area contributed by atoms with Crippen molar-refractivity contribution < 1.29 is 19.2 Å². The minimum absolute atomic E-state index is 0.0109. The molecule has 242 valence electrons. The third-order valence-corrected chi connectivity index (χ3v) is 9.17. The first-order valence-corrected chi connectivity index (χ1v) is 18.3. The summed E-state index contributed by atoms with van der Waals surface area (Å²) in [4.78, 5) is 45.8. The van der Waals surface area contributed by atoms with Gasteiger partial charge < -0.3 is 21.3 Å². The molecule has 0 saturated heterocycles. The fourth-order valence-corrected chi connectivity index (χ4v) is 6.67. The topological polar surface area (TPSA) is 116 Å². The second-order valence-corrected chi connectivity index (χ2v) is 13.3. The van der Waals surface area contributed by atoms with Crippen molar-refractivity contribution in [1.29, 1.82) is 0 Å². The summed E-state index contributed by atoms with van der Waals surface area (Å²) in [6, 6.07) is -0.0217. The lowest BCUT2D eigenvalue weighted by molar-refractivity contribution is -0.121. The van der Waals surface area contributed by atoms with Gasteiger partial charge in [0.2, 0.25) is 23.6 Å². The second kappa shape index (κ2) is 29.1. The summed E-state index contributed by atoms with van der Waals surface area (Å²) in [5, 5.41) is 11.4. The van der Waals surface area contributed by atoms with E-state index in [1.807, 2.05) is 0 Å². The van der Waals surface area contributed by atoms with Crippen LogP contribution in [0.1, 0.15) is 117 Å². The number of allylic oxidation sites excluding steroid dienone is 2. The number of unbranched alkanes of at least 4 members (excludes halogenated alkanes) is 12. The Hall–Kier alpha value is -1.94. The van der Waals surface area contributed by atoms with Gasteiger partial charge in [0, 0.05) is 52.3 Å². The summed E-state index contributed by atoms with van der Waals surface area (Å²) < 4.78 is 0. The van der Waals surface area contributed by atoms with E-state index in [2.05, 4.69) is 45.6 Å². The number of carbonyl (C=O) groups is 4. The molecule has 0 rings (SSSR count). The average Bonchev–Trinajstić information content (AvgIpc) is 2.95. The molecule has 0 fully saturated rings. The van der Waals surface area contributed by atoms with Crippen LogP contribution in [0, 0.1) is 0 Å². The summed E-state index contributed by atoms with van der Waals surface area (Å²) in [6.07, 6.45) is 25.2.